The molecule has 112 valence electrons. The van der Waals surface area contributed by atoms with Gasteiger partial charge in [-0.1, -0.05) is 37.8 Å². The average molecular weight is 298 g/mol. The molecule has 0 bridgehead atoms. The minimum Gasteiger partial charge on any atom is -0.396 e. The van der Waals surface area contributed by atoms with Crippen molar-refractivity contribution in [2.75, 3.05) is 18.5 Å². The van der Waals surface area contributed by atoms with Crippen LogP contribution >= 0.6 is 11.6 Å². The molecule has 1 aromatic heterocycles. The zero-order valence-electron chi connectivity index (χ0n) is 12.1. The lowest BCUT2D eigenvalue weighted by Crippen LogP contribution is -2.29. The topological polar surface area (TPSA) is 58.0 Å². The van der Waals surface area contributed by atoms with Crippen LogP contribution in [-0.4, -0.2) is 28.2 Å². The molecule has 20 heavy (non-hydrogen) atoms. The summed E-state index contributed by atoms with van der Waals surface area (Å²) >= 11 is 6.15. The molecule has 0 amide bonds. The Balaban J connectivity index is 2.01. The van der Waals surface area contributed by atoms with Crippen molar-refractivity contribution >= 4 is 17.4 Å². The molecule has 1 saturated carbocycles. The van der Waals surface area contributed by atoms with E-state index in [1.54, 1.807) is 0 Å². The van der Waals surface area contributed by atoms with E-state index in [4.69, 9.17) is 11.6 Å². The Bertz CT molecular complexity index is 428. The Morgan fingerprint density at radius 3 is 2.75 bits per heavy atom. The molecule has 0 radical (unpaired) electrons. The summed E-state index contributed by atoms with van der Waals surface area (Å²) in [7, 11) is 0. The normalized spacial score (nSPS) is 22.8. The van der Waals surface area contributed by atoms with Crippen LogP contribution in [0.4, 0.5) is 5.82 Å². The lowest BCUT2D eigenvalue weighted by molar-refractivity contribution is 0.141. The molecule has 2 N–H and O–H groups in total. The highest BCUT2D eigenvalue weighted by molar-refractivity contribution is 6.30. The summed E-state index contributed by atoms with van der Waals surface area (Å²) in [5.74, 6) is 1.80. The van der Waals surface area contributed by atoms with Crippen LogP contribution < -0.4 is 5.32 Å². The number of aliphatic hydroxyl groups is 1. The van der Waals surface area contributed by atoms with Crippen LogP contribution in [0.1, 0.15) is 44.6 Å². The Morgan fingerprint density at radius 1 is 1.30 bits per heavy atom. The number of halogens is 1. The average Bonchev–Trinajstić information content (AvgIpc) is 2.48. The zero-order chi connectivity index (χ0) is 14.4. The SMILES string of the molecule is CCCc1c(Cl)ncnc1NCC1CCCCC1CO. The maximum absolute atomic E-state index is 9.47. The Kier molecular flexibility index (Phi) is 6.05. The molecule has 0 saturated heterocycles. The molecule has 0 aliphatic heterocycles. The van der Waals surface area contributed by atoms with Crippen molar-refractivity contribution < 1.29 is 5.11 Å². The van der Waals surface area contributed by atoms with Gasteiger partial charge in [-0.05, 0) is 31.1 Å². The van der Waals surface area contributed by atoms with Crippen LogP contribution in [0.3, 0.4) is 0 Å². The fourth-order valence-corrected chi connectivity index (χ4v) is 3.26. The maximum atomic E-state index is 9.47. The van der Waals surface area contributed by atoms with Gasteiger partial charge in [0.15, 0.2) is 0 Å². The highest BCUT2D eigenvalue weighted by Gasteiger charge is 2.24. The van der Waals surface area contributed by atoms with Crippen LogP contribution in [0.15, 0.2) is 6.33 Å². The van der Waals surface area contributed by atoms with Gasteiger partial charge in [-0.15, -0.1) is 0 Å². The third kappa shape index (κ3) is 3.83. The fourth-order valence-electron chi connectivity index (χ4n) is 3.04. The van der Waals surface area contributed by atoms with E-state index in [2.05, 4.69) is 22.2 Å². The quantitative estimate of drug-likeness (QED) is 0.791. The summed E-state index contributed by atoms with van der Waals surface area (Å²) in [6, 6.07) is 0. The van der Waals surface area contributed by atoms with Gasteiger partial charge in [-0.3, -0.25) is 0 Å². The van der Waals surface area contributed by atoms with Gasteiger partial charge in [-0.25, -0.2) is 9.97 Å². The van der Waals surface area contributed by atoms with E-state index < -0.39 is 0 Å². The smallest absolute Gasteiger partial charge is 0.137 e. The van der Waals surface area contributed by atoms with E-state index in [1.807, 2.05) is 0 Å². The number of nitrogens with zero attached hydrogens (tertiary/aromatic N) is 2. The number of aromatic nitrogens is 2. The Hall–Kier alpha value is -0.870. The lowest BCUT2D eigenvalue weighted by atomic mass is 9.79. The van der Waals surface area contributed by atoms with Gasteiger partial charge < -0.3 is 10.4 Å². The molecule has 2 rings (SSSR count). The van der Waals surface area contributed by atoms with Gasteiger partial charge in [0, 0.05) is 18.7 Å². The second-order valence-corrected chi connectivity index (χ2v) is 5.97. The van der Waals surface area contributed by atoms with Crippen LogP contribution in [0, 0.1) is 11.8 Å². The second-order valence-electron chi connectivity index (χ2n) is 5.61. The lowest BCUT2D eigenvalue weighted by Gasteiger charge is -2.30. The van der Waals surface area contributed by atoms with Crippen molar-refractivity contribution in [3.63, 3.8) is 0 Å². The number of hydrogen-bond donors (Lipinski definition) is 2. The van der Waals surface area contributed by atoms with Crippen molar-refractivity contribution in [3.8, 4) is 0 Å². The summed E-state index contributed by atoms with van der Waals surface area (Å²) in [6.45, 7) is 3.27. The van der Waals surface area contributed by atoms with Crippen molar-refractivity contribution in [1.82, 2.24) is 9.97 Å². The highest BCUT2D eigenvalue weighted by atomic mass is 35.5. The zero-order valence-corrected chi connectivity index (χ0v) is 12.9. The first-order valence-electron chi connectivity index (χ1n) is 7.60. The van der Waals surface area contributed by atoms with E-state index in [0.717, 1.165) is 37.2 Å². The molecule has 1 aliphatic carbocycles. The second kappa shape index (κ2) is 7.79. The van der Waals surface area contributed by atoms with Crippen LogP contribution in [0.5, 0.6) is 0 Å². The molecular formula is C15H24ClN3O. The molecule has 1 heterocycles. The van der Waals surface area contributed by atoms with Gasteiger partial charge in [0.2, 0.25) is 0 Å². The molecule has 5 heteroatoms. The fraction of sp³-hybridized carbons (Fsp3) is 0.733. The molecule has 0 aromatic carbocycles. The van der Waals surface area contributed by atoms with E-state index in [1.165, 1.54) is 25.6 Å². The number of rotatable bonds is 6. The number of aliphatic hydroxyl groups excluding tert-OH is 1. The first-order valence-corrected chi connectivity index (χ1v) is 7.98. The Labute approximate surface area is 126 Å². The predicted octanol–water partition coefficient (Wildman–Crippen LogP) is 3.29. The van der Waals surface area contributed by atoms with Crippen LogP contribution in [-0.2, 0) is 6.42 Å². The van der Waals surface area contributed by atoms with Gasteiger partial charge in [-0.2, -0.15) is 0 Å². The molecule has 1 aromatic rings. The number of anilines is 1. The summed E-state index contributed by atoms with van der Waals surface area (Å²) in [6.07, 6.45) is 8.22. The van der Waals surface area contributed by atoms with Crippen molar-refractivity contribution in [1.29, 1.82) is 0 Å². The minimum absolute atomic E-state index is 0.290. The first-order chi connectivity index (χ1) is 9.76. The van der Waals surface area contributed by atoms with Gasteiger partial charge in [0.25, 0.3) is 0 Å². The largest absolute Gasteiger partial charge is 0.396 e. The monoisotopic (exact) mass is 297 g/mol. The molecular weight excluding hydrogens is 274 g/mol. The predicted molar refractivity (Wildman–Crippen MR) is 82.1 cm³/mol. The molecule has 1 fully saturated rings. The van der Waals surface area contributed by atoms with Crippen LogP contribution in [0.2, 0.25) is 5.15 Å². The molecule has 2 unspecified atom stereocenters. The number of nitrogens with one attached hydrogen (secondary N) is 1. The molecule has 0 spiro atoms. The third-order valence-corrected chi connectivity index (χ3v) is 4.55. The third-order valence-electron chi connectivity index (χ3n) is 4.23. The molecule has 4 nitrogen and oxygen atoms in total. The van der Waals surface area contributed by atoms with E-state index in [0.29, 0.717) is 23.6 Å². The van der Waals surface area contributed by atoms with Crippen molar-refractivity contribution in [2.45, 2.75) is 45.4 Å². The van der Waals surface area contributed by atoms with Gasteiger partial charge >= 0.3 is 0 Å². The van der Waals surface area contributed by atoms with Crippen molar-refractivity contribution in [2.24, 2.45) is 11.8 Å². The van der Waals surface area contributed by atoms with E-state index in [9.17, 15) is 5.11 Å². The maximum Gasteiger partial charge on any atom is 0.137 e. The van der Waals surface area contributed by atoms with Gasteiger partial charge in [0.1, 0.15) is 17.3 Å². The molecule has 2 atom stereocenters. The number of hydrogen-bond acceptors (Lipinski definition) is 4. The summed E-state index contributed by atoms with van der Waals surface area (Å²) in [5, 5.41) is 13.4. The van der Waals surface area contributed by atoms with Gasteiger partial charge in [0.05, 0.1) is 0 Å². The van der Waals surface area contributed by atoms with E-state index >= 15 is 0 Å². The minimum atomic E-state index is 0.290. The summed E-state index contributed by atoms with van der Waals surface area (Å²) in [5.41, 5.74) is 1.01. The highest BCUT2D eigenvalue weighted by Crippen LogP contribution is 2.30. The molecule has 1 aliphatic rings. The standard InChI is InChI=1S/C15H24ClN3O/c1-2-5-13-14(16)18-10-19-15(13)17-8-11-6-3-4-7-12(11)9-20/h10-12,20H,2-9H2,1H3,(H,17,18,19). The Morgan fingerprint density at radius 2 is 2.05 bits per heavy atom. The van der Waals surface area contributed by atoms with Crippen molar-refractivity contribution in [3.05, 3.63) is 17.0 Å². The van der Waals surface area contributed by atoms with E-state index in [-0.39, 0.29) is 0 Å². The summed E-state index contributed by atoms with van der Waals surface area (Å²) < 4.78 is 0. The summed E-state index contributed by atoms with van der Waals surface area (Å²) in [4.78, 5) is 8.38. The first kappa shape index (κ1) is 15.5. The van der Waals surface area contributed by atoms with Crippen LogP contribution in [0.25, 0.3) is 0 Å².